The molecule has 2 nitrogen and oxygen atoms in total. The lowest BCUT2D eigenvalue weighted by atomic mass is 10.0. The van der Waals surface area contributed by atoms with Gasteiger partial charge in [-0.2, -0.15) is 0 Å². The highest BCUT2D eigenvalue weighted by atomic mass is 16.5. The Balaban J connectivity index is 2.13. The predicted molar refractivity (Wildman–Crippen MR) is 79.6 cm³/mol. The van der Waals surface area contributed by atoms with Gasteiger partial charge < -0.3 is 9.64 Å². The lowest BCUT2D eigenvalue weighted by Crippen LogP contribution is -2.10. The first-order valence-corrected chi connectivity index (χ1v) is 6.53. The second kappa shape index (κ2) is 6.39. The van der Waals surface area contributed by atoms with Crippen molar-refractivity contribution in [3.63, 3.8) is 0 Å². The maximum atomic E-state index is 5.26. The minimum absolute atomic E-state index is 0.918. The van der Waals surface area contributed by atoms with Gasteiger partial charge in [0, 0.05) is 6.54 Å². The number of hydrogen-bond donors (Lipinski definition) is 0. The van der Waals surface area contributed by atoms with Crippen LogP contribution in [0.3, 0.4) is 0 Å². The standard InChI is InChI=1S/C17H21NO/c1-18(2)13-16-8-4-6-14(11-16)10-15-7-5-9-17(12-15)19-3/h4-9,11-12H,10,13H2,1-3H3. The van der Waals surface area contributed by atoms with Crippen LogP contribution < -0.4 is 4.74 Å². The molecule has 0 heterocycles. The highest BCUT2D eigenvalue weighted by Crippen LogP contribution is 2.17. The van der Waals surface area contributed by atoms with Crippen LogP contribution in [0.15, 0.2) is 48.5 Å². The summed E-state index contributed by atoms with van der Waals surface area (Å²) in [6.07, 6.45) is 0.943. The number of benzene rings is 2. The topological polar surface area (TPSA) is 12.5 Å². The minimum atomic E-state index is 0.918. The van der Waals surface area contributed by atoms with Crippen molar-refractivity contribution < 1.29 is 4.74 Å². The molecule has 0 N–H and O–H groups in total. The minimum Gasteiger partial charge on any atom is -0.497 e. The molecule has 2 aromatic carbocycles. The molecule has 0 aromatic heterocycles. The third kappa shape index (κ3) is 4.11. The second-order valence-electron chi connectivity index (χ2n) is 5.09. The van der Waals surface area contributed by atoms with Crippen molar-refractivity contribution in [3.05, 3.63) is 65.2 Å². The zero-order valence-corrected chi connectivity index (χ0v) is 11.9. The van der Waals surface area contributed by atoms with Crippen molar-refractivity contribution in [2.45, 2.75) is 13.0 Å². The molecule has 0 aliphatic carbocycles. The van der Waals surface area contributed by atoms with Crippen molar-refractivity contribution >= 4 is 0 Å². The molecule has 0 unspecified atom stereocenters. The summed E-state index contributed by atoms with van der Waals surface area (Å²) in [6, 6.07) is 17.0. The van der Waals surface area contributed by atoms with Gasteiger partial charge in [-0.25, -0.2) is 0 Å². The van der Waals surface area contributed by atoms with Gasteiger partial charge in [-0.3, -0.25) is 0 Å². The van der Waals surface area contributed by atoms with Crippen molar-refractivity contribution in [1.82, 2.24) is 4.90 Å². The van der Waals surface area contributed by atoms with Crippen LogP contribution in [0.2, 0.25) is 0 Å². The van der Waals surface area contributed by atoms with E-state index in [0.29, 0.717) is 0 Å². The fourth-order valence-electron chi connectivity index (χ4n) is 2.22. The summed E-state index contributed by atoms with van der Waals surface area (Å²) < 4.78 is 5.26. The molecule has 0 bridgehead atoms. The first kappa shape index (κ1) is 13.6. The lowest BCUT2D eigenvalue weighted by Gasteiger charge is -2.11. The van der Waals surface area contributed by atoms with Gasteiger partial charge in [-0.05, 0) is 49.3 Å². The summed E-state index contributed by atoms with van der Waals surface area (Å²) in [4.78, 5) is 2.19. The van der Waals surface area contributed by atoms with E-state index in [9.17, 15) is 0 Å². The smallest absolute Gasteiger partial charge is 0.119 e. The normalized spacial score (nSPS) is 10.7. The molecule has 0 atom stereocenters. The lowest BCUT2D eigenvalue weighted by molar-refractivity contribution is 0.402. The molecule has 0 spiro atoms. The van der Waals surface area contributed by atoms with E-state index in [1.807, 2.05) is 12.1 Å². The number of rotatable bonds is 5. The van der Waals surface area contributed by atoms with Crippen LogP contribution >= 0.6 is 0 Å². The third-order valence-electron chi connectivity index (χ3n) is 3.03. The van der Waals surface area contributed by atoms with Gasteiger partial charge in [0.2, 0.25) is 0 Å². The van der Waals surface area contributed by atoms with Gasteiger partial charge in [0.05, 0.1) is 7.11 Å². The molecule has 0 radical (unpaired) electrons. The predicted octanol–water partition coefficient (Wildman–Crippen LogP) is 3.35. The molecular formula is C17H21NO. The summed E-state index contributed by atoms with van der Waals surface area (Å²) in [5.41, 5.74) is 3.97. The van der Waals surface area contributed by atoms with Gasteiger partial charge in [0.1, 0.15) is 5.75 Å². The molecule has 0 aliphatic rings. The number of ether oxygens (including phenoxy) is 1. The molecule has 0 saturated heterocycles. The van der Waals surface area contributed by atoms with E-state index in [2.05, 4.69) is 55.4 Å². The zero-order valence-electron chi connectivity index (χ0n) is 11.9. The van der Waals surface area contributed by atoms with Crippen molar-refractivity contribution in [3.8, 4) is 5.75 Å². The Morgan fingerprint density at radius 1 is 0.895 bits per heavy atom. The van der Waals surface area contributed by atoms with Gasteiger partial charge >= 0.3 is 0 Å². The molecule has 100 valence electrons. The molecule has 2 rings (SSSR count). The first-order chi connectivity index (χ1) is 9.17. The molecule has 2 aromatic rings. The van der Waals surface area contributed by atoms with Gasteiger partial charge in [0.25, 0.3) is 0 Å². The Labute approximate surface area is 115 Å². The third-order valence-corrected chi connectivity index (χ3v) is 3.03. The number of methoxy groups -OCH3 is 1. The zero-order chi connectivity index (χ0) is 13.7. The molecule has 2 heteroatoms. The molecule has 0 fully saturated rings. The molecule has 0 saturated carbocycles. The van der Waals surface area contributed by atoms with Crippen LogP contribution in [0.4, 0.5) is 0 Å². The van der Waals surface area contributed by atoms with E-state index in [0.717, 1.165) is 18.7 Å². The van der Waals surface area contributed by atoms with Crippen LogP contribution in [-0.2, 0) is 13.0 Å². The highest BCUT2D eigenvalue weighted by Gasteiger charge is 2.01. The van der Waals surface area contributed by atoms with Gasteiger partial charge in [0.15, 0.2) is 0 Å². The SMILES string of the molecule is COc1cccc(Cc2cccc(CN(C)C)c2)c1. The van der Waals surface area contributed by atoms with Crippen molar-refractivity contribution in [1.29, 1.82) is 0 Å². The van der Waals surface area contributed by atoms with Crippen LogP contribution in [0.1, 0.15) is 16.7 Å². The van der Waals surface area contributed by atoms with E-state index >= 15 is 0 Å². The molecule has 0 amide bonds. The Kier molecular flexibility index (Phi) is 4.58. The van der Waals surface area contributed by atoms with Gasteiger partial charge in [-0.15, -0.1) is 0 Å². The average molecular weight is 255 g/mol. The van der Waals surface area contributed by atoms with E-state index in [1.165, 1.54) is 16.7 Å². The Morgan fingerprint density at radius 3 is 2.21 bits per heavy atom. The van der Waals surface area contributed by atoms with E-state index in [1.54, 1.807) is 7.11 Å². The molecule has 0 aliphatic heterocycles. The monoisotopic (exact) mass is 255 g/mol. The maximum absolute atomic E-state index is 5.26. The summed E-state index contributed by atoms with van der Waals surface area (Å²) in [5.74, 6) is 0.918. The average Bonchev–Trinajstić information content (AvgIpc) is 2.38. The number of hydrogen-bond acceptors (Lipinski definition) is 2. The van der Waals surface area contributed by atoms with Crippen LogP contribution in [-0.4, -0.2) is 26.1 Å². The quantitative estimate of drug-likeness (QED) is 0.812. The first-order valence-electron chi connectivity index (χ1n) is 6.53. The summed E-state index contributed by atoms with van der Waals surface area (Å²) in [6.45, 7) is 0.978. The number of nitrogens with zero attached hydrogens (tertiary/aromatic N) is 1. The Morgan fingerprint density at radius 2 is 1.53 bits per heavy atom. The Bertz CT molecular complexity index is 534. The van der Waals surface area contributed by atoms with Gasteiger partial charge in [-0.1, -0.05) is 36.4 Å². The van der Waals surface area contributed by atoms with Crippen LogP contribution in [0.5, 0.6) is 5.75 Å². The summed E-state index contributed by atoms with van der Waals surface area (Å²) >= 11 is 0. The van der Waals surface area contributed by atoms with Crippen molar-refractivity contribution in [2.24, 2.45) is 0 Å². The molecular weight excluding hydrogens is 234 g/mol. The largest absolute Gasteiger partial charge is 0.497 e. The van der Waals surface area contributed by atoms with E-state index in [4.69, 9.17) is 4.74 Å². The highest BCUT2D eigenvalue weighted by molar-refractivity contribution is 5.34. The summed E-state index contributed by atoms with van der Waals surface area (Å²) in [7, 11) is 5.89. The fraction of sp³-hybridized carbons (Fsp3) is 0.294. The van der Waals surface area contributed by atoms with Crippen molar-refractivity contribution in [2.75, 3.05) is 21.2 Å². The molecule has 19 heavy (non-hydrogen) atoms. The Hall–Kier alpha value is -1.80. The van der Waals surface area contributed by atoms with E-state index < -0.39 is 0 Å². The maximum Gasteiger partial charge on any atom is 0.119 e. The van der Waals surface area contributed by atoms with E-state index in [-0.39, 0.29) is 0 Å². The van der Waals surface area contributed by atoms with Crippen LogP contribution in [0, 0.1) is 0 Å². The second-order valence-corrected chi connectivity index (χ2v) is 5.09. The summed E-state index contributed by atoms with van der Waals surface area (Å²) in [5, 5.41) is 0. The fourth-order valence-corrected chi connectivity index (χ4v) is 2.22. The van der Waals surface area contributed by atoms with Crippen LogP contribution in [0.25, 0.3) is 0 Å².